The largest absolute Gasteiger partial charge is 0.755 e. The van der Waals surface area contributed by atoms with Crippen molar-refractivity contribution >= 4 is 51.7 Å². The van der Waals surface area contributed by atoms with Gasteiger partial charge in [-0.1, -0.05) is 11.6 Å². The van der Waals surface area contributed by atoms with Crippen LogP contribution < -0.4 is 9.04 Å². The molecule has 7 nitrogen and oxygen atoms in total. The molecule has 1 unspecified atom stereocenters. The van der Waals surface area contributed by atoms with Gasteiger partial charge in [-0.15, -0.1) is 11.3 Å². The van der Waals surface area contributed by atoms with Gasteiger partial charge in [0.15, 0.2) is 5.82 Å². The van der Waals surface area contributed by atoms with Crippen LogP contribution in [0.1, 0.15) is 15.9 Å². The number of ether oxygens (including phenoxy) is 2. The molecule has 0 aliphatic heterocycles. The van der Waals surface area contributed by atoms with E-state index in [1.165, 1.54) is 11.4 Å². The van der Waals surface area contributed by atoms with E-state index in [2.05, 4.69) is 9.72 Å². The van der Waals surface area contributed by atoms with Gasteiger partial charge in [-0.3, -0.25) is 4.21 Å². The van der Waals surface area contributed by atoms with E-state index in [1.54, 1.807) is 0 Å². The summed E-state index contributed by atoms with van der Waals surface area (Å²) in [5.41, 5.74) is -2.25. The molecule has 0 aliphatic rings. The van der Waals surface area contributed by atoms with Crippen molar-refractivity contribution in [2.45, 2.75) is 6.18 Å². The van der Waals surface area contributed by atoms with Crippen molar-refractivity contribution < 1.29 is 40.6 Å². The van der Waals surface area contributed by atoms with Crippen LogP contribution in [0.4, 0.5) is 29.1 Å². The van der Waals surface area contributed by atoms with Gasteiger partial charge in [0.1, 0.15) is 22.3 Å². The van der Waals surface area contributed by atoms with E-state index in [0.29, 0.717) is 10.4 Å². The molecule has 14 heteroatoms. The van der Waals surface area contributed by atoms with Crippen LogP contribution in [0, 0.1) is 5.82 Å². The molecule has 0 aliphatic carbocycles. The van der Waals surface area contributed by atoms with Crippen molar-refractivity contribution in [3.63, 3.8) is 0 Å². The predicted octanol–water partition coefficient (Wildman–Crippen LogP) is 5.35. The molecular weight excluding hydrogens is 512 g/mol. The topological polar surface area (TPSA) is 91.8 Å². The van der Waals surface area contributed by atoms with E-state index in [-0.39, 0.29) is 32.8 Å². The lowest BCUT2D eigenvalue weighted by atomic mass is 10.1. The van der Waals surface area contributed by atoms with E-state index in [4.69, 9.17) is 16.3 Å². The average Bonchev–Trinajstić information content (AvgIpc) is 3.22. The fourth-order valence-electron chi connectivity index (χ4n) is 2.83. The van der Waals surface area contributed by atoms with Crippen molar-refractivity contribution in [3.8, 4) is 16.3 Å². The van der Waals surface area contributed by atoms with E-state index < -0.39 is 40.4 Å². The number of esters is 1. The summed E-state index contributed by atoms with van der Waals surface area (Å²) in [6.45, 7) is 0. The Morgan fingerprint density at radius 2 is 1.94 bits per heavy atom. The number of benzene rings is 2. The highest BCUT2D eigenvalue weighted by Crippen LogP contribution is 2.42. The summed E-state index contributed by atoms with van der Waals surface area (Å²) in [6, 6.07) is 4.72. The Bertz CT molecular complexity index is 1240. The van der Waals surface area contributed by atoms with Crippen molar-refractivity contribution in [1.29, 1.82) is 0 Å². The Morgan fingerprint density at radius 1 is 1.24 bits per heavy atom. The molecule has 33 heavy (non-hydrogen) atoms. The van der Waals surface area contributed by atoms with Crippen LogP contribution in [0.2, 0.25) is 5.02 Å². The second-order valence-electron chi connectivity index (χ2n) is 6.21. The zero-order chi connectivity index (χ0) is 24.5. The molecule has 3 aromatic rings. The van der Waals surface area contributed by atoms with Crippen LogP contribution >= 0.6 is 22.9 Å². The van der Waals surface area contributed by atoms with E-state index in [0.717, 1.165) is 43.8 Å². The van der Waals surface area contributed by atoms with Gasteiger partial charge in [0, 0.05) is 22.0 Å². The third-order valence-corrected chi connectivity index (χ3v) is 6.04. The lowest BCUT2D eigenvalue weighted by molar-refractivity contribution is -0.137. The number of carbonyl (C=O) groups is 1. The van der Waals surface area contributed by atoms with Gasteiger partial charge in [-0.05, 0) is 24.3 Å². The number of halogens is 5. The number of alkyl halides is 3. The molecule has 0 amide bonds. The number of methoxy groups -OCH3 is 2. The van der Waals surface area contributed by atoms with Crippen LogP contribution in [0.3, 0.4) is 0 Å². The van der Waals surface area contributed by atoms with Crippen molar-refractivity contribution in [3.05, 3.63) is 57.7 Å². The summed E-state index contributed by atoms with van der Waals surface area (Å²) < 4.78 is 88.9. The highest BCUT2D eigenvalue weighted by Gasteiger charge is 2.35. The van der Waals surface area contributed by atoms with Crippen LogP contribution in [-0.2, 0) is 22.2 Å². The molecule has 3 rings (SSSR count). The summed E-state index contributed by atoms with van der Waals surface area (Å²) in [6.07, 6.45) is -4.75. The molecule has 1 aromatic heterocycles. The van der Waals surface area contributed by atoms with Crippen LogP contribution in [-0.4, -0.2) is 33.9 Å². The normalized spacial score (nSPS) is 12.4. The zero-order valence-corrected chi connectivity index (χ0v) is 19.0. The predicted molar refractivity (Wildman–Crippen MR) is 113 cm³/mol. The molecule has 0 bridgehead atoms. The molecule has 0 radical (unpaired) electrons. The van der Waals surface area contributed by atoms with Gasteiger partial charge in [0.25, 0.3) is 0 Å². The number of aromatic nitrogens is 1. The first-order valence-corrected chi connectivity index (χ1v) is 10.9. The van der Waals surface area contributed by atoms with Crippen LogP contribution in [0.25, 0.3) is 10.6 Å². The molecule has 0 saturated heterocycles. The lowest BCUT2D eigenvalue weighted by Gasteiger charge is -2.26. The average molecular weight is 524 g/mol. The summed E-state index contributed by atoms with van der Waals surface area (Å²) in [4.78, 5) is 15.7. The number of hydrogen-bond acceptors (Lipinski definition) is 7. The molecule has 1 heterocycles. The summed E-state index contributed by atoms with van der Waals surface area (Å²) in [5.74, 6) is -2.68. The second kappa shape index (κ2) is 9.63. The van der Waals surface area contributed by atoms with E-state index in [9.17, 15) is 31.1 Å². The quantitative estimate of drug-likeness (QED) is 0.246. The summed E-state index contributed by atoms with van der Waals surface area (Å²) in [5, 5.41) is 0.872. The minimum Gasteiger partial charge on any atom is -0.755 e. The number of anilines is 2. The van der Waals surface area contributed by atoms with Gasteiger partial charge in [0.2, 0.25) is 0 Å². The van der Waals surface area contributed by atoms with Crippen molar-refractivity contribution in [2.75, 3.05) is 18.5 Å². The molecule has 1 atom stereocenters. The van der Waals surface area contributed by atoms with Gasteiger partial charge >= 0.3 is 12.1 Å². The first kappa shape index (κ1) is 24.9. The Morgan fingerprint density at radius 3 is 2.52 bits per heavy atom. The van der Waals surface area contributed by atoms with Crippen molar-refractivity contribution in [2.24, 2.45) is 0 Å². The number of carbonyl (C=O) groups excluding carboxylic acids is 1. The first-order chi connectivity index (χ1) is 15.5. The standard InChI is InChI=1S/C19H13ClF4N2O5S2/c1-30-15-6-11(18(27)31-2)13(21)7-14(15)26(33(28)29)16-8-32-17(25-16)10-4-3-9(20)5-12(10)19(22,23)24/h3-8H,1-2H3,(H,28,29)/p-1. The third-order valence-electron chi connectivity index (χ3n) is 4.26. The fraction of sp³-hybridized carbons (Fsp3) is 0.158. The Balaban J connectivity index is 2.14. The summed E-state index contributed by atoms with van der Waals surface area (Å²) in [7, 11) is 2.18. The highest BCUT2D eigenvalue weighted by atomic mass is 35.5. The first-order valence-electron chi connectivity index (χ1n) is 8.66. The minimum atomic E-state index is -4.75. The molecule has 0 spiro atoms. The number of nitrogens with zero attached hydrogens (tertiary/aromatic N) is 2. The zero-order valence-electron chi connectivity index (χ0n) is 16.6. The van der Waals surface area contributed by atoms with Gasteiger partial charge in [-0.25, -0.2) is 18.5 Å². The molecule has 0 N–H and O–H groups in total. The maximum absolute atomic E-state index is 14.5. The molecule has 0 saturated carbocycles. The molecule has 2 aromatic carbocycles. The SMILES string of the molecule is COC(=O)c1cc(OC)c(N(c2csc(-c3ccc(Cl)cc3C(F)(F)F)n2)S(=O)[O-])cc1F. The Labute approximate surface area is 195 Å². The smallest absolute Gasteiger partial charge is 0.417 e. The van der Waals surface area contributed by atoms with Gasteiger partial charge in [0.05, 0.1) is 36.6 Å². The Kier molecular flexibility index (Phi) is 7.26. The van der Waals surface area contributed by atoms with Crippen molar-refractivity contribution in [1.82, 2.24) is 4.98 Å². The molecular formula is C19H12ClF4N2O5S2-. The molecule has 0 fully saturated rings. The van der Waals surface area contributed by atoms with E-state index >= 15 is 0 Å². The fourth-order valence-corrected chi connectivity index (χ4v) is 4.45. The summed E-state index contributed by atoms with van der Waals surface area (Å²) >= 11 is 3.33. The highest BCUT2D eigenvalue weighted by molar-refractivity contribution is 7.81. The number of rotatable bonds is 6. The lowest BCUT2D eigenvalue weighted by Crippen LogP contribution is -2.21. The molecule has 176 valence electrons. The van der Waals surface area contributed by atoms with Gasteiger partial charge in [-0.2, -0.15) is 13.2 Å². The third kappa shape index (κ3) is 5.11. The van der Waals surface area contributed by atoms with E-state index in [1.807, 2.05) is 0 Å². The van der Waals surface area contributed by atoms with Gasteiger partial charge < -0.3 is 14.0 Å². The Hall–Kier alpha value is -2.74. The van der Waals surface area contributed by atoms with Crippen LogP contribution in [0.5, 0.6) is 5.75 Å². The van der Waals surface area contributed by atoms with Crippen LogP contribution in [0.15, 0.2) is 35.7 Å². The number of hydrogen-bond donors (Lipinski definition) is 0. The maximum Gasteiger partial charge on any atom is 0.417 e. The second-order valence-corrected chi connectivity index (χ2v) is 8.30. The minimum absolute atomic E-state index is 0.143. The monoisotopic (exact) mass is 523 g/mol. The number of thiazole rings is 1. The maximum atomic E-state index is 14.5.